The number of thiophene rings is 1. The van der Waals surface area contributed by atoms with Crippen molar-refractivity contribution in [3.8, 4) is 10.6 Å². The van der Waals surface area contributed by atoms with Gasteiger partial charge in [-0.1, -0.05) is 6.92 Å². The van der Waals surface area contributed by atoms with Crippen molar-refractivity contribution < 1.29 is 9.53 Å². The van der Waals surface area contributed by atoms with Gasteiger partial charge in [0.15, 0.2) is 5.82 Å². The second-order valence-electron chi connectivity index (χ2n) is 8.46. The van der Waals surface area contributed by atoms with Crippen molar-refractivity contribution >= 4 is 44.4 Å². The molecule has 3 N–H and O–H groups in total. The number of H-pyrrole nitrogens is 1. The van der Waals surface area contributed by atoms with Crippen molar-refractivity contribution in [2.24, 2.45) is 7.05 Å². The van der Waals surface area contributed by atoms with Gasteiger partial charge in [-0.25, -0.2) is 9.97 Å². The van der Waals surface area contributed by atoms with Gasteiger partial charge in [-0.15, -0.1) is 11.3 Å². The summed E-state index contributed by atoms with van der Waals surface area (Å²) in [4.78, 5) is 24.6. The molecule has 31 heavy (non-hydrogen) atoms. The van der Waals surface area contributed by atoms with Crippen molar-refractivity contribution in [2.75, 3.05) is 18.8 Å². The fourth-order valence-corrected chi connectivity index (χ4v) is 4.65. The number of nitrogens with two attached hydrogens (primary N) is 1. The van der Waals surface area contributed by atoms with Crippen LogP contribution in [0.25, 0.3) is 31.8 Å². The SMILES string of the molecule is CCN(CC(=O)OC(C)(C)C)Cc1nc2c(N)nc3cc(-c4cc[nH]n4)sc3c2n1C. The second-order valence-corrected chi connectivity index (χ2v) is 9.51. The number of imidazole rings is 1. The van der Waals surface area contributed by atoms with Crippen LogP contribution in [-0.2, 0) is 23.1 Å². The maximum absolute atomic E-state index is 12.3. The summed E-state index contributed by atoms with van der Waals surface area (Å²) in [5.41, 5.74) is 9.05. The first-order valence-electron chi connectivity index (χ1n) is 10.1. The van der Waals surface area contributed by atoms with Crippen LogP contribution < -0.4 is 5.73 Å². The number of aromatic nitrogens is 5. The molecule has 4 aromatic heterocycles. The van der Waals surface area contributed by atoms with Crippen LogP contribution in [0.1, 0.15) is 33.5 Å². The van der Waals surface area contributed by atoms with Crippen LogP contribution in [0.15, 0.2) is 18.3 Å². The molecule has 0 unspecified atom stereocenters. The first-order valence-corrected chi connectivity index (χ1v) is 11.0. The molecular weight excluding hydrogens is 414 g/mol. The first kappa shape index (κ1) is 21.3. The highest BCUT2D eigenvalue weighted by Gasteiger charge is 2.22. The second kappa shape index (κ2) is 7.93. The van der Waals surface area contributed by atoms with E-state index >= 15 is 0 Å². The van der Waals surface area contributed by atoms with E-state index in [2.05, 4.69) is 15.2 Å². The van der Waals surface area contributed by atoms with Crippen molar-refractivity contribution in [3.05, 3.63) is 24.2 Å². The number of esters is 1. The summed E-state index contributed by atoms with van der Waals surface area (Å²) >= 11 is 1.61. The van der Waals surface area contributed by atoms with Gasteiger partial charge >= 0.3 is 5.97 Å². The normalized spacial score (nSPS) is 12.3. The number of pyridine rings is 1. The largest absolute Gasteiger partial charge is 0.459 e. The number of likely N-dealkylation sites (N-methyl/N-ethyl adjacent to an activating group) is 1. The molecule has 0 spiro atoms. The Labute approximate surface area is 184 Å². The van der Waals surface area contributed by atoms with E-state index in [0.29, 0.717) is 24.4 Å². The van der Waals surface area contributed by atoms with E-state index < -0.39 is 5.60 Å². The van der Waals surface area contributed by atoms with Gasteiger partial charge in [0.05, 0.1) is 33.7 Å². The molecule has 9 nitrogen and oxygen atoms in total. The molecule has 0 aliphatic carbocycles. The zero-order valence-corrected chi connectivity index (χ0v) is 19.2. The predicted octanol–water partition coefficient (Wildman–Crippen LogP) is 3.32. The van der Waals surface area contributed by atoms with Crippen LogP contribution in [-0.4, -0.2) is 54.3 Å². The molecule has 0 saturated carbocycles. The van der Waals surface area contributed by atoms with Crippen LogP contribution in [0, 0.1) is 0 Å². The third kappa shape index (κ3) is 4.26. The molecule has 4 aromatic rings. The van der Waals surface area contributed by atoms with E-state index in [4.69, 9.17) is 15.5 Å². The fourth-order valence-electron chi connectivity index (χ4n) is 3.50. The zero-order valence-electron chi connectivity index (χ0n) is 18.4. The monoisotopic (exact) mass is 441 g/mol. The summed E-state index contributed by atoms with van der Waals surface area (Å²) in [7, 11) is 1.97. The van der Waals surface area contributed by atoms with Gasteiger partial charge in [-0.2, -0.15) is 5.10 Å². The number of aryl methyl sites for hydroxylation is 1. The highest BCUT2D eigenvalue weighted by Crippen LogP contribution is 2.37. The average Bonchev–Trinajstić information content (AvgIpc) is 3.39. The number of aromatic amines is 1. The Morgan fingerprint density at radius 3 is 2.77 bits per heavy atom. The number of carbonyl (C=O) groups is 1. The van der Waals surface area contributed by atoms with Crippen molar-refractivity contribution in [2.45, 2.75) is 39.8 Å². The minimum atomic E-state index is -0.509. The Kier molecular flexibility index (Phi) is 5.44. The zero-order chi connectivity index (χ0) is 22.3. The van der Waals surface area contributed by atoms with Gasteiger partial charge in [0.2, 0.25) is 0 Å². The number of fused-ring (bicyclic) bond motifs is 3. The molecule has 0 radical (unpaired) electrons. The van der Waals surface area contributed by atoms with Crippen LogP contribution in [0.5, 0.6) is 0 Å². The molecule has 0 aliphatic rings. The quantitative estimate of drug-likeness (QED) is 0.441. The van der Waals surface area contributed by atoms with Gasteiger partial charge in [0, 0.05) is 13.2 Å². The third-order valence-corrected chi connectivity index (χ3v) is 6.09. The number of ether oxygens (including phenoxy) is 1. The molecule has 10 heteroatoms. The predicted molar refractivity (Wildman–Crippen MR) is 123 cm³/mol. The molecule has 4 rings (SSSR count). The number of nitrogens with one attached hydrogen (secondary N) is 1. The topological polar surface area (TPSA) is 115 Å². The summed E-state index contributed by atoms with van der Waals surface area (Å²) in [6, 6.07) is 3.93. The van der Waals surface area contributed by atoms with Crippen LogP contribution in [0.3, 0.4) is 0 Å². The number of rotatable bonds is 6. The maximum Gasteiger partial charge on any atom is 0.320 e. The summed E-state index contributed by atoms with van der Waals surface area (Å²) in [6.45, 7) is 9.00. The molecule has 0 aromatic carbocycles. The Bertz CT molecular complexity index is 1230. The minimum Gasteiger partial charge on any atom is -0.459 e. The van der Waals surface area contributed by atoms with E-state index in [1.165, 1.54) is 0 Å². The molecule has 0 fully saturated rings. The van der Waals surface area contributed by atoms with Gasteiger partial charge in [-0.3, -0.25) is 14.8 Å². The first-order chi connectivity index (χ1) is 14.7. The van der Waals surface area contributed by atoms with E-state index in [1.54, 1.807) is 17.5 Å². The number of anilines is 1. The summed E-state index contributed by atoms with van der Waals surface area (Å²) < 4.78 is 8.52. The lowest BCUT2D eigenvalue weighted by molar-refractivity contribution is -0.156. The fraction of sp³-hybridized carbons (Fsp3) is 0.429. The van der Waals surface area contributed by atoms with E-state index in [0.717, 1.165) is 32.1 Å². The molecule has 0 saturated heterocycles. The molecule has 0 amide bonds. The van der Waals surface area contributed by atoms with Crippen molar-refractivity contribution in [3.63, 3.8) is 0 Å². The molecule has 0 bridgehead atoms. The lowest BCUT2D eigenvalue weighted by Crippen LogP contribution is -2.35. The summed E-state index contributed by atoms with van der Waals surface area (Å²) in [6.07, 6.45) is 1.79. The van der Waals surface area contributed by atoms with Crippen LogP contribution in [0.4, 0.5) is 5.82 Å². The third-order valence-electron chi connectivity index (χ3n) is 4.94. The number of carbonyl (C=O) groups excluding carboxylic acids is 1. The molecule has 164 valence electrons. The number of hydrogen-bond acceptors (Lipinski definition) is 8. The standard InChI is InChI=1S/C21H27N7O2S/c1-6-28(11-16(29)30-21(2,3)4)10-15-25-17-18(27(15)5)19-13(24-20(17)22)9-14(31-19)12-7-8-23-26-12/h7-9H,6,10-11H2,1-5H3,(H2,22,24)(H,23,26). The van der Waals surface area contributed by atoms with Gasteiger partial charge < -0.3 is 15.0 Å². The smallest absolute Gasteiger partial charge is 0.320 e. The van der Waals surface area contributed by atoms with Crippen molar-refractivity contribution in [1.29, 1.82) is 0 Å². The maximum atomic E-state index is 12.3. The average molecular weight is 442 g/mol. The Hall–Kier alpha value is -2.98. The van der Waals surface area contributed by atoms with E-state index in [9.17, 15) is 4.79 Å². The Morgan fingerprint density at radius 2 is 2.13 bits per heavy atom. The minimum absolute atomic E-state index is 0.197. The molecule has 0 atom stereocenters. The molecular formula is C21H27N7O2S. The molecule has 0 aliphatic heterocycles. The number of nitrogens with zero attached hydrogens (tertiary/aromatic N) is 5. The van der Waals surface area contributed by atoms with Crippen molar-refractivity contribution in [1.82, 2.24) is 29.6 Å². The highest BCUT2D eigenvalue weighted by atomic mass is 32.1. The lowest BCUT2D eigenvalue weighted by Gasteiger charge is -2.23. The van der Waals surface area contributed by atoms with E-state index in [-0.39, 0.29) is 12.5 Å². The van der Waals surface area contributed by atoms with Crippen LogP contribution >= 0.6 is 11.3 Å². The van der Waals surface area contributed by atoms with E-state index in [1.807, 2.05) is 56.3 Å². The number of hydrogen-bond donors (Lipinski definition) is 2. The number of nitrogen functional groups attached to an aromatic ring is 1. The van der Waals surface area contributed by atoms with Gasteiger partial charge in [-0.05, 0) is 39.4 Å². The Balaban J connectivity index is 1.69. The highest BCUT2D eigenvalue weighted by molar-refractivity contribution is 7.23. The summed E-state index contributed by atoms with van der Waals surface area (Å²) in [5, 5.41) is 7.11. The van der Waals surface area contributed by atoms with Gasteiger partial charge in [0.25, 0.3) is 0 Å². The van der Waals surface area contributed by atoms with Crippen LogP contribution in [0.2, 0.25) is 0 Å². The van der Waals surface area contributed by atoms with Gasteiger partial charge in [0.1, 0.15) is 22.6 Å². The molecule has 4 heterocycles. The Morgan fingerprint density at radius 1 is 1.35 bits per heavy atom. The summed E-state index contributed by atoms with van der Waals surface area (Å²) in [5.74, 6) is 0.959. The lowest BCUT2D eigenvalue weighted by atomic mass is 10.2.